The number of rotatable bonds is 10. The Bertz CT molecular complexity index is 1320. The molecular weight excluding hydrogens is 492 g/mol. The first kappa shape index (κ1) is 28.3. The highest BCUT2D eigenvalue weighted by Gasteiger charge is 2.38. The Kier molecular flexibility index (Phi) is 10.0. The number of hydrogen-bond donors (Lipinski definition) is 3. The number of unbranched alkanes of at least 4 members (excludes halogenated alkanes) is 7. The molecule has 5 rings (SSSR count). The van der Waals surface area contributed by atoms with Gasteiger partial charge in [-0.05, 0) is 65.4 Å². The zero-order valence-corrected chi connectivity index (χ0v) is 23.3. The molecule has 3 unspecified atom stereocenters. The van der Waals surface area contributed by atoms with E-state index in [0.717, 1.165) is 24.2 Å². The molecule has 4 N–H and O–H groups in total. The summed E-state index contributed by atoms with van der Waals surface area (Å²) in [7, 11) is -4.21. The predicted octanol–water partition coefficient (Wildman–Crippen LogP) is 8.00. The van der Waals surface area contributed by atoms with Gasteiger partial charge in [-0.1, -0.05) is 106 Å². The molecule has 0 saturated carbocycles. The van der Waals surface area contributed by atoms with Crippen LogP contribution in [0, 0.1) is 5.92 Å². The van der Waals surface area contributed by atoms with Crippen molar-refractivity contribution in [3.05, 3.63) is 83.9 Å². The van der Waals surface area contributed by atoms with Crippen molar-refractivity contribution >= 4 is 26.6 Å². The van der Waals surface area contributed by atoms with Crippen molar-refractivity contribution < 1.29 is 13.0 Å². The fourth-order valence-corrected chi connectivity index (χ4v) is 6.36. The quantitative estimate of drug-likeness (QED) is 0.139. The van der Waals surface area contributed by atoms with Gasteiger partial charge in [0, 0.05) is 11.6 Å². The van der Waals surface area contributed by atoms with E-state index >= 15 is 0 Å². The van der Waals surface area contributed by atoms with Crippen LogP contribution in [-0.2, 0) is 10.1 Å². The van der Waals surface area contributed by atoms with Crippen LogP contribution in [0.1, 0.15) is 87.8 Å². The van der Waals surface area contributed by atoms with Crippen LogP contribution in [0.4, 0.5) is 5.69 Å². The highest BCUT2D eigenvalue weighted by molar-refractivity contribution is 7.85. The van der Waals surface area contributed by atoms with E-state index < -0.39 is 10.1 Å². The number of benzene rings is 3. The number of nitrogens with two attached hydrogens (primary N) is 1. The van der Waals surface area contributed by atoms with Gasteiger partial charge in [0.15, 0.2) is 0 Å². The van der Waals surface area contributed by atoms with Crippen molar-refractivity contribution in [2.45, 2.75) is 81.6 Å². The fraction of sp³-hybridized carbons (Fsp3) is 0.438. The maximum atomic E-state index is 11.6. The third-order valence-corrected chi connectivity index (χ3v) is 8.70. The summed E-state index contributed by atoms with van der Waals surface area (Å²) >= 11 is 0. The van der Waals surface area contributed by atoms with Gasteiger partial charge < -0.3 is 11.1 Å². The summed E-state index contributed by atoms with van der Waals surface area (Å²) in [6.07, 6.45) is 16.2. The molecule has 5 nitrogen and oxygen atoms in total. The summed E-state index contributed by atoms with van der Waals surface area (Å²) < 4.78 is 32.5. The molecule has 0 amide bonds. The van der Waals surface area contributed by atoms with Crippen molar-refractivity contribution in [2.24, 2.45) is 11.7 Å². The molecule has 1 aliphatic carbocycles. The van der Waals surface area contributed by atoms with Crippen LogP contribution >= 0.6 is 0 Å². The van der Waals surface area contributed by atoms with Crippen LogP contribution in [0.15, 0.2) is 77.7 Å². The minimum atomic E-state index is -4.21. The lowest BCUT2D eigenvalue weighted by Crippen LogP contribution is -2.29. The Balaban J connectivity index is 0.000000261. The molecule has 0 radical (unpaired) electrons. The third kappa shape index (κ3) is 6.85. The normalized spacial score (nSPS) is 19.8. The molecule has 0 bridgehead atoms. The van der Waals surface area contributed by atoms with Crippen LogP contribution in [0.3, 0.4) is 0 Å². The maximum absolute atomic E-state index is 11.6. The van der Waals surface area contributed by atoms with E-state index in [1.54, 1.807) is 12.1 Å². The summed E-state index contributed by atoms with van der Waals surface area (Å²) in [6, 6.07) is 19.7. The molecule has 204 valence electrons. The third-order valence-electron chi connectivity index (χ3n) is 7.85. The van der Waals surface area contributed by atoms with Gasteiger partial charge in [-0.25, -0.2) is 0 Å². The van der Waals surface area contributed by atoms with Crippen LogP contribution in [-0.4, -0.2) is 19.5 Å². The number of anilines is 1. The summed E-state index contributed by atoms with van der Waals surface area (Å²) in [5.74, 6) is 0.437. The maximum Gasteiger partial charge on any atom is 0.294 e. The van der Waals surface area contributed by atoms with E-state index in [-0.39, 0.29) is 16.9 Å². The van der Waals surface area contributed by atoms with Crippen molar-refractivity contribution in [1.29, 1.82) is 0 Å². The van der Waals surface area contributed by atoms with Crippen LogP contribution in [0.25, 0.3) is 10.8 Å². The average molecular weight is 535 g/mol. The van der Waals surface area contributed by atoms with Crippen LogP contribution < -0.4 is 11.1 Å². The number of allylic oxidation sites excluding steroid dienone is 2. The summed E-state index contributed by atoms with van der Waals surface area (Å²) in [6.45, 7) is 3.13. The molecule has 1 aliphatic heterocycles. The summed E-state index contributed by atoms with van der Waals surface area (Å²) in [5.41, 5.74) is 8.51. The van der Waals surface area contributed by atoms with Crippen molar-refractivity contribution in [3.63, 3.8) is 0 Å². The molecular formula is C32H42N2O3S. The average Bonchev–Trinajstić information content (AvgIpc) is 3.42. The smallest absolute Gasteiger partial charge is 0.294 e. The van der Waals surface area contributed by atoms with E-state index in [4.69, 9.17) is 5.73 Å². The van der Waals surface area contributed by atoms with Crippen molar-refractivity contribution in [2.75, 3.05) is 11.9 Å². The Morgan fingerprint density at radius 2 is 1.61 bits per heavy atom. The lowest BCUT2D eigenvalue weighted by molar-refractivity contribution is 0.426. The lowest BCUT2D eigenvalue weighted by atomic mass is 9.76. The molecule has 0 spiro atoms. The molecule has 38 heavy (non-hydrogen) atoms. The van der Waals surface area contributed by atoms with Gasteiger partial charge >= 0.3 is 0 Å². The van der Waals surface area contributed by atoms with Gasteiger partial charge in [-0.2, -0.15) is 8.42 Å². The second-order valence-corrected chi connectivity index (χ2v) is 12.0. The Morgan fingerprint density at radius 1 is 0.895 bits per heavy atom. The van der Waals surface area contributed by atoms with E-state index in [0.29, 0.717) is 5.92 Å². The van der Waals surface area contributed by atoms with Gasteiger partial charge in [0.25, 0.3) is 10.1 Å². The van der Waals surface area contributed by atoms with E-state index in [1.165, 1.54) is 73.8 Å². The van der Waals surface area contributed by atoms with Gasteiger partial charge in [-0.3, -0.25) is 4.55 Å². The Morgan fingerprint density at radius 3 is 2.34 bits per heavy atom. The molecule has 1 heterocycles. The Hall–Kier alpha value is -2.67. The zero-order valence-electron chi connectivity index (χ0n) is 22.5. The van der Waals surface area contributed by atoms with Crippen LogP contribution in [0.5, 0.6) is 0 Å². The fourth-order valence-electron chi connectivity index (χ4n) is 5.84. The van der Waals surface area contributed by atoms with Crippen LogP contribution in [0.2, 0.25) is 0 Å². The second kappa shape index (κ2) is 13.4. The minimum Gasteiger partial charge on any atom is -0.378 e. The molecule has 3 atom stereocenters. The second-order valence-electron chi connectivity index (χ2n) is 10.5. The van der Waals surface area contributed by atoms with Gasteiger partial charge in [0.05, 0.1) is 10.9 Å². The van der Waals surface area contributed by atoms with E-state index in [9.17, 15) is 13.0 Å². The first-order valence-corrected chi connectivity index (χ1v) is 15.6. The van der Waals surface area contributed by atoms with E-state index in [2.05, 4.69) is 60.8 Å². The monoisotopic (exact) mass is 534 g/mol. The lowest BCUT2D eigenvalue weighted by Gasteiger charge is -2.38. The van der Waals surface area contributed by atoms with E-state index in [1.807, 2.05) is 6.07 Å². The highest BCUT2D eigenvalue weighted by atomic mass is 32.2. The largest absolute Gasteiger partial charge is 0.378 e. The minimum absolute atomic E-state index is 0.0503. The highest BCUT2D eigenvalue weighted by Crippen LogP contribution is 2.51. The molecule has 0 aromatic heterocycles. The molecule has 6 heteroatoms. The topological polar surface area (TPSA) is 92.4 Å². The number of hydrogen-bond acceptors (Lipinski definition) is 4. The number of nitrogens with one attached hydrogen (secondary N) is 1. The first-order valence-electron chi connectivity index (χ1n) is 14.2. The molecule has 0 saturated heterocycles. The molecule has 2 aliphatic rings. The SMILES string of the molecule is CCCCCCCCCCN.O=S(=O)(O)c1ccc2c(c1)C1C=CCC1C(c1cccc3ccccc13)N2. The van der Waals surface area contributed by atoms with Gasteiger partial charge in [-0.15, -0.1) is 0 Å². The predicted molar refractivity (Wildman–Crippen MR) is 158 cm³/mol. The Labute approximate surface area is 228 Å². The van der Waals surface area contributed by atoms with Gasteiger partial charge in [0.1, 0.15) is 0 Å². The standard InChI is InChI=1S/C22H19NO3S.C10H23N/c24-27(25,26)15-11-12-21-20(13-15)17-8-4-10-19(17)22(23-21)18-9-3-6-14-5-1-2-7-16(14)18;1-2-3-4-5-6-7-8-9-10-11/h1-9,11-13,17,19,22-23H,10H2,(H,24,25,26);2-11H2,1H3. The molecule has 3 aromatic carbocycles. The van der Waals surface area contributed by atoms with Crippen molar-refractivity contribution in [3.8, 4) is 0 Å². The van der Waals surface area contributed by atoms with Gasteiger partial charge in [0.2, 0.25) is 0 Å². The summed E-state index contributed by atoms with van der Waals surface area (Å²) in [5, 5.41) is 6.09. The first-order chi connectivity index (χ1) is 18.4. The van der Waals surface area contributed by atoms with Crippen molar-refractivity contribution in [1.82, 2.24) is 0 Å². The molecule has 0 fully saturated rings. The number of fused-ring (bicyclic) bond motifs is 4. The summed E-state index contributed by atoms with van der Waals surface area (Å²) in [4.78, 5) is -0.0503. The zero-order chi connectivity index (χ0) is 27.0. The molecule has 3 aromatic rings.